The highest BCUT2D eigenvalue weighted by Crippen LogP contribution is 2.39. The highest BCUT2D eigenvalue weighted by Gasteiger charge is 2.24. The zero-order chi connectivity index (χ0) is 23.8. The Labute approximate surface area is 199 Å². The van der Waals surface area contributed by atoms with E-state index in [4.69, 9.17) is 14.7 Å². The Balaban J connectivity index is 1.38. The van der Waals surface area contributed by atoms with Gasteiger partial charge in [-0.3, -0.25) is 9.63 Å². The average Bonchev–Trinajstić information content (AvgIpc) is 2.89. The van der Waals surface area contributed by atoms with Gasteiger partial charge in [-0.05, 0) is 59.9 Å². The van der Waals surface area contributed by atoms with Crippen LogP contribution in [0.1, 0.15) is 60.0 Å². The van der Waals surface area contributed by atoms with Crippen LogP contribution in [-0.4, -0.2) is 23.6 Å². The summed E-state index contributed by atoms with van der Waals surface area (Å²) in [6, 6.07) is 25.2. The minimum Gasteiger partial charge on any atom is -0.425 e. The maximum Gasteiger partial charge on any atom is 0.337 e. The molecule has 0 aromatic heterocycles. The lowest BCUT2D eigenvalue weighted by Crippen LogP contribution is -2.27. The first-order valence-corrected chi connectivity index (χ1v) is 11.6. The van der Waals surface area contributed by atoms with Crippen LogP contribution in [-0.2, 0) is 20.8 Å². The number of nitrogens with one attached hydrogen (secondary N) is 1. The van der Waals surface area contributed by atoms with E-state index < -0.39 is 18.7 Å². The van der Waals surface area contributed by atoms with Crippen molar-refractivity contribution in [2.75, 3.05) is 6.61 Å². The Hall–Kier alpha value is -3.48. The fourth-order valence-corrected chi connectivity index (χ4v) is 4.53. The van der Waals surface area contributed by atoms with Gasteiger partial charge in [-0.2, -0.15) is 0 Å². The van der Waals surface area contributed by atoms with Crippen molar-refractivity contribution in [1.29, 1.82) is 0 Å². The summed E-state index contributed by atoms with van der Waals surface area (Å²) in [5, 5.41) is 9.00. The van der Waals surface area contributed by atoms with Gasteiger partial charge < -0.3 is 9.84 Å². The highest BCUT2D eigenvalue weighted by molar-refractivity contribution is 5.75. The summed E-state index contributed by atoms with van der Waals surface area (Å²) in [5.74, 6) is -0.144. The quantitative estimate of drug-likeness (QED) is 0.277. The minimum atomic E-state index is -0.668. The van der Waals surface area contributed by atoms with E-state index in [1.165, 1.54) is 0 Å². The zero-order valence-electron chi connectivity index (χ0n) is 19.0. The van der Waals surface area contributed by atoms with Gasteiger partial charge in [0.2, 0.25) is 5.91 Å². The van der Waals surface area contributed by atoms with Gasteiger partial charge in [-0.25, -0.2) is 10.3 Å². The molecule has 1 atom stereocenters. The summed E-state index contributed by atoms with van der Waals surface area (Å²) in [6.07, 6.45) is 3.32. The molecule has 176 valence electrons. The molecule has 3 aromatic rings. The summed E-state index contributed by atoms with van der Waals surface area (Å²) in [7, 11) is 0. The van der Waals surface area contributed by atoms with Gasteiger partial charge in [-0.1, -0.05) is 72.8 Å². The van der Waals surface area contributed by atoms with Gasteiger partial charge in [0.1, 0.15) is 18.5 Å². The van der Waals surface area contributed by atoms with E-state index in [0.29, 0.717) is 18.6 Å². The SMILES string of the molecule is O=C(CCC1CCCc2c(OC(=O)CO)cccc21)NOC(c1ccccc1)c1ccccc1. The molecule has 4 rings (SSSR count). The molecule has 6 heteroatoms. The van der Waals surface area contributed by atoms with E-state index >= 15 is 0 Å². The van der Waals surface area contributed by atoms with E-state index in [-0.39, 0.29) is 11.8 Å². The average molecular weight is 460 g/mol. The normalized spacial score (nSPS) is 14.9. The first-order chi connectivity index (χ1) is 16.7. The maximum atomic E-state index is 12.7. The van der Waals surface area contributed by atoms with Crippen molar-refractivity contribution < 1.29 is 24.3 Å². The number of hydrogen-bond acceptors (Lipinski definition) is 5. The summed E-state index contributed by atoms with van der Waals surface area (Å²) >= 11 is 0. The van der Waals surface area contributed by atoms with E-state index in [1.807, 2.05) is 72.8 Å². The van der Waals surface area contributed by atoms with Crippen LogP contribution in [0.3, 0.4) is 0 Å². The number of rotatable bonds is 9. The summed E-state index contributed by atoms with van der Waals surface area (Å²) in [5.41, 5.74) is 6.67. The molecule has 0 aliphatic heterocycles. The van der Waals surface area contributed by atoms with Crippen LogP contribution in [0, 0.1) is 0 Å². The minimum absolute atomic E-state index is 0.174. The molecule has 1 aliphatic carbocycles. The van der Waals surface area contributed by atoms with Gasteiger partial charge in [0.05, 0.1) is 0 Å². The number of hydrogen-bond donors (Lipinski definition) is 2. The number of aliphatic hydroxyl groups excluding tert-OH is 1. The number of ether oxygens (including phenoxy) is 1. The van der Waals surface area contributed by atoms with Crippen LogP contribution in [0.25, 0.3) is 0 Å². The molecule has 6 nitrogen and oxygen atoms in total. The van der Waals surface area contributed by atoms with Crippen molar-refractivity contribution in [3.8, 4) is 5.75 Å². The monoisotopic (exact) mass is 459 g/mol. The van der Waals surface area contributed by atoms with Crippen LogP contribution in [0.4, 0.5) is 0 Å². The third kappa shape index (κ3) is 5.90. The molecule has 1 unspecified atom stereocenters. The van der Waals surface area contributed by atoms with Crippen molar-refractivity contribution in [3.05, 3.63) is 101 Å². The van der Waals surface area contributed by atoms with Gasteiger partial charge >= 0.3 is 5.97 Å². The molecule has 34 heavy (non-hydrogen) atoms. The lowest BCUT2D eigenvalue weighted by Gasteiger charge is -2.27. The highest BCUT2D eigenvalue weighted by atomic mass is 16.7. The predicted octanol–water partition coefficient (Wildman–Crippen LogP) is 4.62. The Kier molecular flexibility index (Phi) is 8.07. The molecule has 0 saturated carbocycles. The standard InChI is InChI=1S/C28H29NO5/c30-19-27(32)33-25-16-8-14-23-20(13-7-15-24(23)25)17-18-26(31)29-34-28(21-9-3-1-4-10-21)22-11-5-2-6-12-22/h1-6,8-12,14,16,20,28,30H,7,13,15,17-19H2,(H,29,31). The Bertz CT molecular complexity index is 1060. The molecule has 0 spiro atoms. The molecular weight excluding hydrogens is 430 g/mol. The Morgan fingerprint density at radius 3 is 2.26 bits per heavy atom. The molecule has 3 aromatic carbocycles. The molecule has 0 saturated heterocycles. The van der Waals surface area contributed by atoms with Crippen molar-refractivity contribution >= 4 is 11.9 Å². The molecule has 1 aliphatic rings. The first-order valence-electron chi connectivity index (χ1n) is 11.6. The summed E-state index contributed by atoms with van der Waals surface area (Å²) < 4.78 is 5.30. The zero-order valence-corrected chi connectivity index (χ0v) is 19.0. The third-order valence-electron chi connectivity index (χ3n) is 6.16. The van der Waals surface area contributed by atoms with Crippen LogP contribution >= 0.6 is 0 Å². The van der Waals surface area contributed by atoms with Gasteiger partial charge in [0.15, 0.2) is 0 Å². The number of fused-ring (bicyclic) bond motifs is 1. The molecule has 0 fully saturated rings. The Morgan fingerprint density at radius 1 is 0.941 bits per heavy atom. The molecule has 1 amide bonds. The topological polar surface area (TPSA) is 84.9 Å². The van der Waals surface area contributed by atoms with Crippen molar-refractivity contribution in [2.24, 2.45) is 0 Å². The number of benzene rings is 3. The number of aliphatic hydroxyl groups is 1. The number of hydroxylamine groups is 1. The molecule has 0 radical (unpaired) electrons. The molecular formula is C28H29NO5. The van der Waals surface area contributed by atoms with Gasteiger partial charge in [-0.15, -0.1) is 0 Å². The van der Waals surface area contributed by atoms with Crippen LogP contribution in [0.2, 0.25) is 0 Å². The summed E-state index contributed by atoms with van der Waals surface area (Å²) in [6.45, 7) is -0.653. The number of amides is 1. The molecule has 0 bridgehead atoms. The van der Waals surface area contributed by atoms with Gasteiger partial charge in [0.25, 0.3) is 0 Å². The number of carbonyl (C=O) groups is 2. The largest absolute Gasteiger partial charge is 0.425 e. The lowest BCUT2D eigenvalue weighted by molar-refractivity contribution is -0.138. The van der Waals surface area contributed by atoms with Crippen LogP contribution in [0.15, 0.2) is 78.9 Å². The Morgan fingerprint density at radius 2 is 1.62 bits per heavy atom. The first kappa shape index (κ1) is 23.7. The van der Waals surface area contributed by atoms with Crippen LogP contribution in [0.5, 0.6) is 5.75 Å². The predicted molar refractivity (Wildman–Crippen MR) is 128 cm³/mol. The number of esters is 1. The van der Waals surface area contributed by atoms with E-state index in [2.05, 4.69) is 5.48 Å². The third-order valence-corrected chi connectivity index (χ3v) is 6.16. The number of carbonyl (C=O) groups excluding carboxylic acids is 2. The van der Waals surface area contributed by atoms with E-state index in [0.717, 1.165) is 41.5 Å². The second kappa shape index (κ2) is 11.6. The summed E-state index contributed by atoms with van der Waals surface area (Å²) in [4.78, 5) is 30.1. The molecule has 0 heterocycles. The fourth-order valence-electron chi connectivity index (χ4n) is 4.53. The van der Waals surface area contributed by atoms with Crippen LogP contribution < -0.4 is 10.2 Å². The van der Waals surface area contributed by atoms with Crippen molar-refractivity contribution in [1.82, 2.24) is 5.48 Å². The van der Waals surface area contributed by atoms with Gasteiger partial charge in [0, 0.05) is 6.42 Å². The smallest absolute Gasteiger partial charge is 0.337 e. The second-order valence-corrected chi connectivity index (χ2v) is 8.43. The fraction of sp³-hybridized carbons (Fsp3) is 0.286. The molecule has 2 N–H and O–H groups in total. The van der Waals surface area contributed by atoms with Crippen molar-refractivity contribution in [2.45, 2.75) is 44.1 Å². The lowest BCUT2D eigenvalue weighted by atomic mass is 9.80. The second-order valence-electron chi connectivity index (χ2n) is 8.43. The van der Waals surface area contributed by atoms with Crippen molar-refractivity contribution in [3.63, 3.8) is 0 Å². The van der Waals surface area contributed by atoms with E-state index in [1.54, 1.807) is 6.07 Å². The maximum absolute atomic E-state index is 12.7. The van der Waals surface area contributed by atoms with E-state index in [9.17, 15) is 9.59 Å².